The van der Waals surface area contributed by atoms with Crippen molar-refractivity contribution in [2.75, 3.05) is 19.3 Å². The number of amides is 1. The van der Waals surface area contributed by atoms with Gasteiger partial charge in [0.2, 0.25) is 15.9 Å². The predicted molar refractivity (Wildman–Crippen MR) is 77.3 cm³/mol. The van der Waals surface area contributed by atoms with E-state index in [1.165, 1.54) is 0 Å². The summed E-state index contributed by atoms with van der Waals surface area (Å²) in [6, 6.07) is 6.54. The van der Waals surface area contributed by atoms with E-state index in [1.54, 1.807) is 36.2 Å². The molecule has 0 aliphatic carbocycles. The van der Waals surface area contributed by atoms with E-state index in [0.717, 1.165) is 0 Å². The molecule has 1 aliphatic heterocycles. The molecular formula is C13H19N3O3S. The van der Waals surface area contributed by atoms with Crippen molar-refractivity contribution in [3.8, 4) is 0 Å². The third-order valence-corrected chi connectivity index (χ3v) is 4.72. The molecule has 2 rings (SSSR count). The van der Waals surface area contributed by atoms with Crippen molar-refractivity contribution in [2.45, 2.75) is 24.6 Å². The highest BCUT2D eigenvalue weighted by atomic mass is 32.2. The molecule has 6 nitrogen and oxygen atoms in total. The van der Waals surface area contributed by atoms with Gasteiger partial charge in [-0.1, -0.05) is 12.1 Å². The molecule has 3 N–H and O–H groups in total. The van der Waals surface area contributed by atoms with E-state index in [9.17, 15) is 13.2 Å². The van der Waals surface area contributed by atoms with Crippen LogP contribution in [0.2, 0.25) is 0 Å². The molecule has 1 aromatic carbocycles. The number of piperidine rings is 1. The number of sulfonamides is 1. The fourth-order valence-corrected chi connectivity index (χ4v) is 3.65. The number of likely N-dealkylation sites (N-methyl/N-ethyl adjacent to an activating group) is 1. The predicted octanol–water partition coefficient (Wildman–Crippen LogP) is 0.309. The molecule has 1 unspecified atom stereocenters. The van der Waals surface area contributed by atoms with Crippen LogP contribution in [0.1, 0.15) is 18.4 Å². The number of nitrogens with one attached hydrogen (secondary N) is 1. The Kier molecular flexibility index (Phi) is 4.29. The Balaban J connectivity index is 1.97. The Morgan fingerprint density at radius 1 is 1.35 bits per heavy atom. The van der Waals surface area contributed by atoms with Crippen molar-refractivity contribution in [2.24, 2.45) is 0 Å². The molecule has 0 bridgehead atoms. The lowest BCUT2D eigenvalue weighted by Gasteiger charge is -2.29. The smallest absolute Gasteiger partial charge is 0.222 e. The van der Waals surface area contributed by atoms with E-state index in [-0.39, 0.29) is 17.7 Å². The van der Waals surface area contributed by atoms with Gasteiger partial charge in [0.15, 0.2) is 0 Å². The molecule has 1 amide bonds. The highest BCUT2D eigenvalue weighted by Gasteiger charge is 2.26. The Hall–Kier alpha value is -1.60. The minimum Gasteiger partial charge on any atom is -0.399 e. The fraction of sp³-hybridized carbons (Fsp3) is 0.462. The molecule has 0 saturated carbocycles. The second kappa shape index (κ2) is 5.80. The maximum atomic E-state index is 12.1. The van der Waals surface area contributed by atoms with Gasteiger partial charge in [0.05, 0.1) is 5.75 Å². The van der Waals surface area contributed by atoms with Gasteiger partial charge in [0.1, 0.15) is 0 Å². The molecule has 1 saturated heterocycles. The van der Waals surface area contributed by atoms with E-state index < -0.39 is 10.0 Å². The second-order valence-corrected chi connectivity index (χ2v) is 6.88. The van der Waals surface area contributed by atoms with Gasteiger partial charge in [-0.15, -0.1) is 0 Å². The first kappa shape index (κ1) is 14.8. The van der Waals surface area contributed by atoms with Crippen molar-refractivity contribution < 1.29 is 13.2 Å². The van der Waals surface area contributed by atoms with Gasteiger partial charge in [-0.25, -0.2) is 13.1 Å². The van der Waals surface area contributed by atoms with Crippen LogP contribution in [0.25, 0.3) is 0 Å². The van der Waals surface area contributed by atoms with Crippen LogP contribution in [0.5, 0.6) is 0 Å². The van der Waals surface area contributed by atoms with Crippen LogP contribution >= 0.6 is 0 Å². The maximum Gasteiger partial charge on any atom is 0.222 e. The van der Waals surface area contributed by atoms with Gasteiger partial charge in [-0.05, 0) is 24.1 Å². The number of likely N-dealkylation sites (tertiary alicyclic amines) is 1. The molecule has 7 heteroatoms. The molecule has 0 aromatic heterocycles. The summed E-state index contributed by atoms with van der Waals surface area (Å²) in [5, 5.41) is 0. The summed E-state index contributed by atoms with van der Waals surface area (Å²) >= 11 is 0. The third-order valence-electron chi connectivity index (χ3n) is 3.31. The van der Waals surface area contributed by atoms with Crippen molar-refractivity contribution in [1.82, 2.24) is 9.62 Å². The largest absolute Gasteiger partial charge is 0.399 e. The highest BCUT2D eigenvalue weighted by molar-refractivity contribution is 7.88. The number of benzene rings is 1. The topological polar surface area (TPSA) is 92.5 Å². The lowest BCUT2D eigenvalue weighted by atomic mass is 10.1. The van der Waals surface area contributed by atoms with Crippen LogP contribution in [0.4, 0.5) is 5.69 Å². The average Bonchev–Trinajstić information content (AvgIpc) is 2.36. The molecule has 20 heavy (non-hydrogen) atoms. The van der Waals surface area contributed by atoms with Crippen LogP contribution in [0, 0.1) is 0 Å². The second-order valence-electron chi connectivity index (χ2n) is 5.13. The number of anilines is 1. The monoisotopic (exact) mass is 297 g/mol. The molecule has 0 spiro atoms. The standard InChI is InChI=1S/C13H19N3O3S/c1-16-8-12(6-7-13(16)17)15-20(18,19)9-10-2-4-11(14)5-3-10/h2-5,12,15H,6-9,14H2,1H3. The number of carbonyl (C=O) groups is 1. The van der Waals surface area contributed by atoms with E-state index >= 15 is 0 Å². The van der Waals surface area contributed by atoms with Crippen molar-refractivity contribution in [1.29, 1.82) is 0 Å². The fourth-order valence-electron chi connectivity index (χ4n) is 2.24. The molecular weight excluding hydrogens is 278 g/mol. The SMILES string of the molecule is CN1CC(NS(=O)(=O)Cc2ccc(N)cc2)CCC1=O. The first-order valence-electron chi connectivity index (χ1n) is 6.44. The number of nitrogen functional groups attached to an aromatic ring is 1. The number of nitrogens with zero attached hydrogens (tertiary/aromatic N) is 1. The Bertz CT molecular complexity index is 583. The van der Waals surface area contributed by atoms with E-state index in [2.05, 4.69) is 4.72 Å². The van der Waals surface area contributed by atoms with Crippen LogP contribution in [0.3, 0.4) is 0 Å². The van der Waals surface area contributed by atoms with Gasteiger partial charge in [0.25, 0.3) is 0 Å². The normalized spacial score (nSPS) is 20.1. The third kappa shape index (κ3) is 3.94. The van der Waals surface area contributed by atoms with Crippen LogP contribution in [0.15, 0.2) is 24.3 Å². The van der Waals surface area contributed by atoms with Crippen LogP contribution in [-0.2, 0) is 20.6 Å². The zero-order valence-electron chi connectivity index (χ0n) is 11.4. The number of nitrogens with two attached hydrogens (primary N) is 1. The molecule has 1 aromatic rings. The zero-order valence-corrected chi connectivity index (χ0v) is 12.2. The van der Waals surface area contributed by atoms with Gasteiger partial charge >= 0.3 is 0 Å². The van der Waals surface area contributed by atoms with Crippen LogP contribution < -0.4 is 10.5 Å². The molecule has 1 heterocycles. The average molecular weight is 297 g/mol. The van der Waals surface area contributed by atoms with E-state index in [0.29, 0.717) is 30.6 Å². The molecule has 110 valence electrons. The number of carbonyl (C=O) groups excluding carboxylic acids is 1. The Morgan fingerprint density at radius 2 is 2.00 bits per heavy atom. The minimum absolute atomic E-state index is 0.0546. The summed E-state index contributed by atoms with van der Waals surface area (Å²) in [6.07, 6.45) is 0.926. The summed E-state index contributed by atoms with van der Waals surface area (Å²) in [5.41, 5.74) is 6.86. The van der Waals surface area contributed by atoms with Crippen molar-refractivity contribution >= 4 is 21.6 Å². The van der Waals surface area contributed by atoms with Crippen molar-refractivity contribution in [3.05, 3.63) is 29.8 Å². The maximum absolute atomic E-state index is 12.1. The number of hydrogen-bond donors (Lipinski definition) is 2. The lowest BCUT2D eigenvalue weighted by Crippen LogP contribution is -2.48. The quantitative estimate of drug-likeness (QED) is 0.782. The van der Waals surface area contributed by atoms with Gasteiger partial charge in [-0.3, -0.25) is 4.79 Å². The van der Waals surface area contributed by atoms with Gasteiger partial charge in [0, 0.05) is 31.7 Å². The Labute approximate surface area is 119 Å². The lowest BCUT2D eigenvalue weighted by molar-refractivity contribution is -0.132. The van der Waals surface area contributed by atoms with Crippen molar-refractivity contribution in [3.63, 3.8) is 0 Å². The summed E-state index contributed by atoms with van der Waals surface area (Å²) in [7, 11) is -1.73. The van der Waals surface area contributed by atoms with Gasteiger partial charge < -0.3 is 10.6 Å². The van der Waals surface area contributed by atoms with E-state index in [4.69, 9.17) is 5.73 Å². The summed E-state index contributed by atoms with van der Waals surface area (Å²) < 4.78 is 26.8. The molecule has 0 radical (unpaired) electrons. The molecule has 1 fully saturated rings. The zero-order chi connectivity index (χ0) is 14.8. The Morgan fingerprint density at radius 3 is 2.60 bits per heavy atom. The molecule has 1 aliphatic rings. The number of rotatable bonds is 4. The minimum atomic E-state index is -3.42. The highest BCUT2D eigenvalue weighted by Crippen LogP contribution is 2.13. The number of hydrogen-bond acceptors (Lipinski definition) is 4. The van der Waals surface area contributed by atoms with E-state index in [1.807, 2.05) is 0 Å². The molecule has 1 atom stereocenters. The first-order chi connectivity index (χ1) is 9.35. The van der Waals surface area contributed by atoms with Gasteiger partial charge in [-0.2, -0.15) is 0 Å². The summed E-state index contributed by atoms with van der Waals surface area (Å²) in [5.74, 6) is -0.0273. The summed E-state index contributed by atoms with van der Waals surface area (Å²) in [4.78, 5) is 12.9. The first-order valence-corrected chi connectivity index (χ1v) is 8.09. The summed E-state index contributed by atoms with van der Waals surface area (Å²) in [6.45, 7) is 0.416. The van der Waals surface area contributed by atoms with Crippen LogP contribution in [-0.4, -0.2) is 38.9 Å².